The highest BCUT2D eigenvalue weighted by atomic mass is 79.9. The number of aliphatic hydroxyl groups is 1. The summed E-state index contributed by atoms with van der Waals surface area (Å²) in [5.74, 6) is -0.353. The molecule has 1 amide bonds. The molecule has 20 heavy (non-hydrogen) atoms. The zero-order valence-electron chi connectivity index (χ0n) is 10.6. The van der Waals surface area contributed by atoms with Gasteiger partial charge in [0.25, 0.3) is 5.91 Å². The lowest BCUT2D eigenvalue weighted by Crippen LogP contribution is -2.30. The first-order chi connectivity index (χ1) is 9.61. The second-order valence-corrected chi connectivity index (χ2v) is 5.14. The summed E-state index contributed by atoms with van der Waals surface area (Å²) in [7, 11) is 0. The highest BCUT2D eigenvalue weighted by Gasteiger charge is 2.15. The molecule has 0 saturated heterocycles. The number of amides is 1. The van der Waals surface area contributed by atoms with Crippen LogP contribution in [0.5, 0.6) is 5.75 Å². The maximum absolute atomic E-state index is 12.1. The summed E-state index contributed by atoms with van der Waals surface area (Å²) in [5.41, 5.74) is 1.16. The minimum atomic E-state index is -0.477. The number of phenols is 1. The van der Waals surface area contributed by atoms with E-state index >= 15 is 0 Å². The van der Waals surface area contributed by atoms with E-state index in [-0.39, 0.29) is 18.3 Å². The Morgan fingerprint density at radius 2 is 1.90 bits per heavy atom. The van der Waals surface area contributed by atoms with Crippen molar-refractivity contribution in [3.05, 3.63) is 64.1 Å². The SMILES string of the molecule is O=C(N[C@@H](CO)c1ccccc1)c1ccc(Br)c(O)c1. The normalized spacial score (nSPS) is 11.9. The fourth-order valence-electron chi connectivity index (χ4n) is 1.82. The zero-order chi connectivity index (χ0) is 14.5. The number of nitrogens with one attached hydrogen (secondary N) is 1. The molecule has 0 fully saturated rings. The third-order valence-corrected chi connectivity index (χ3v) is 3.57. The molecule has 0 bridgehead atoms. The van der Waals surface area contributed by atoms with E-state index in [1.165, 1.54) is 6.07 Å². The van der Waals surface area contributed by atoms with E-state index in [1.807, 2.05) is 30.3 Å². The molecule has 0 heterocycles. The van der Waals surface area contributed by atoms with Crippen LogP contribution in [0.4, 0.5) is 0 Å². The topological polar surface area (TPSA) is 69.6 Å². The number of benzene rings is 2. The lowest BCUT2D eigenvalue weighted by Gasteiger charge is -2.16. The van der Waals surface area contributed by atoms with Gasteiger partial charge in [-0.05, 0) is 39.7 Å². The molecule has 0 aromatic heterocycles. The number of hydrogen-bond donors (Lipinski definition) is 3. The molecule has 0 aliphatic heterocycles. The highest BCUT2D eigenvalue weighted by Crippen LogP contribution is 2.24. The molecule has 104 valence electrons. The Hall–Kier alpha value is -1.85. The summed E-state index contributed by atoms with van der Waals surface area (Å²) in [5, 5.41) is 21.7. The Morgan fingerprint density at radius 1 is 1.20 bits per heavy atom. The third kappa shape index (κ3) is 3.37. The van der Waals surface area contributed by atoms with Crippen molar-refractivity contribution in [3.8, 4) is 5.75 Å². The van der Waals surface area contributed by atoms with Crippen molar-refractivity contribution in [3.63, 3.8) is 0 Å². The van der Waals surface area contributed by atoms with Gasteiger partial charge in [0, 0.05) is 5.56 Å². The van der Waals surface area contributed by atoms with Crippen molar-refractivity contribution in [2.24, 2.45) is 0 Å². The van der Waals surface area contributed by atoms with Gasteiger partial charge in [0.1, 0.15) is 5.75 Å². The molecule has 0 aliphatic rings. The van der Waals surface area contributed by atoms with Crippen molar-refractivity contribution in [2.45, 2.75) is 6.04 Å². The van der Waals surface area contributed by atoms with Crippen LogP contribution in [-0.4, -0.2) is 22.7 Å². The number of carbonyl (C=O) groups excluding carboxylic acids is 1. The van der Waals surface area contributed by atoms with E-state index in [0.29, 0.717) is 10.0 Å². The molecule has 2 aromatic rings. The van der Waals surface area contributed by atoms with E-state index in [9.17, 15) is 15.0 Å². The first kappa shape index (κ1) is 14.6. The van der Waals surface area contributed by atoms with Gasteiger partial charge in [0.05, 0.1) is 17.1 Å². The van der Waals surface area contributed by atoms with Crippen molar-refractivity contribution >= 4 is 21.8 Å². The van der Waals surface area contributed by atoms with Crippen LogP contribution in [0.1, 0.15) is 22.0 Å². The minimum absolute atomic E-state index is 0.00194. The van der Waals surface area contributed by atoms with Gasteiger partial charge in [-0.1, -0.05) is 30.3 Å². The molecule has 4 nitrogen and oxygen atoms in total. The molecular weight excluding hydrogens is 322 g/mol. The van der Waals surface area contributed by atoms with Crippen LogP contribution in [-0.2, 0) is 0 Å². The van der Waals surface area contributed by atoms with Gasteiger partial charge in [-0.3, -0.25) is 4.79 Å². The molecule has 0 aliphatic carbocycles. The molecule has 0 spiro atoms. The average Bonchev–Trinajstić information content (AvgIpc) is 2.48. The number of hydrogen-bond acceptors (Lipinski definition) is 3. The predicted molar refractivity (Wildman–Crippen MR) is 79.5 cm³/mol. The van der Waals surface area contributed by atoms with Gasteiger partial charge >= 0.3 is 0 Å². The fraction of sp³-hybridized carbons (Fsp3) is 0.133. The second-order valence-electron chi connectivity index (χ2n) is 4.29. The molecule has 0 saturated carbocycles. The molecule has 3 N–H and O–H groups in total. The van der Waals surface area contributed by atoms with Crippen LogP contribution in [0.3, 0.4) is 0 Å². The smallest absolute Gasteiger partial charge is 0.251 e. The lowest BCUT2D eigenvalue weighted by molar-refractivity contribution is 0.0916. The van der Waals surface area contributed by atoms with Crippen LogP contribution in [0.15, 0.2) is 53.0 Å². The highest BCUT2D eigenvalue weighted by molar-refractivity contribution is 9.10. The summed E-state index contributed by atoms with van der Waals surface area (Å²) >= 11 is 3.16. The lowest BCUT2D eigenvalue weighted by atomic mass is 10.1. The number of halogens is 1. The maximum Gasteiger partial charge on any atom is 0.251 e. The Labute approximate surface area is 125 Å². The zero-order valence-corrected chi connectivity index (χ0v) is 12.2. The van der Waals surface area contributed by atoms with Crippen LogP contribution in [0.25, 0.3) is 0 Å². The van der Waals surface area contributed by atoms with Crippen molar-refractivity contribution < 1.29 is 15.0 Å². The van der Waals surface area contributed by atoms with Crippen LogP contribution in [0, 0.1) is 0 Å². The van der Waals surface area contributed by atoms with Crippen LogP contribution in [0.2, 0.25) is 0 Å². The summed E-state index contributed by atoms with van der Waals surface area (Å²) in [6.07, 6.45) is 0. The van der Waals surface area contributed by atoms with E-state index in [1.54, 1.807) is 12.1 Å². The van der Waals surface area contributed by atoms with Gasteiger partial charge in [-0.15, -0.1) is 0 Å². The van der Waals surface area contributed by atoms with Gasteiger partial charge in [-0.25, -0.2) is 0 Å². The standard InChI is InChI=1S/C15H14BrNO3/c16-12-7-6-11(8-14(12)19)15(20)17-13(9-18)10-4-2-1-3-5-10/h1-8,13,18-19H,9H2,(H,17,20)/t13-/m0/s1. The summed E-state index contributed by atoms with van der Waals surface area (Å²) < 4.78 is 0.524. The number of aliphatic hydroxyl groups excluding tert-OH is 1. The molecule has 0 radical (unpaired) electrons. The van der Waals surface area contributed by atoms with Crippen molar-refractivity contribution in [2.75, 3.05) is 6.61 Å². The molecule has 2 aromatic carbocycles. The Kier molecular flexibility index (Phi) is 4.76. The van der Waals surface area contributed by atoms with E-state index < -0.39 is 6.04 Å². The Balaban J connectivity index is 2.15. The Morgan fingerprint density at radius 3 is 2.50 bits per heavy atom. The molecule has 1 atom stereocenters. The van der Waals surface area contributed by atoms with Gasteiger partial charge in [-0.2, -0.15) is 0 Å². The first-order valence-corrected chi connectivity index (χ1v) is 6.86. The summed E-state index contributed by atoms with van der Waals surface area (Å²) in [6, 6.07) is 13.3. The third-order valence-electron chi connectivity index (χ3n) is 2.90. The number of rotatable bonds is 4. The number of carbonyl (C=O) groups is 1. The average molecular weight is 336 g/mol. The molecule has 2 rings (SSSR count). The van der Waals surface area contributed by atoms with Crippen molar-refractivity contribution in [1.29, 1.82) is 0 Å². The van der Waals surface area contributed by atoms with E-state index in [2.05, 4.69) is 21.2 Å². The monoisotopic (exact) mass is 335 g/mol. The fourth-order valence-corrected chi connectivity index (χ4v) is 2.06. The quantitative estimate of drug-likeness (QED) is 0.804. The van der Waals surface area contributed by atoms with Gasteiger partial charge < -0.3 is 15.5 Å². The van der Waals surface area contributed by atoms with E-state index in [0.717, 1.165) is 5.56 Å². The van der Waals surface area contributed by atoms with Crippen LogP contribution < -0.4 is 5.32 Å². The summed E-state index contributed by atoms with van der Waals surface area (Å²) in [6.45, 7) is -0.196. The van der Waals surface area contributed by atoms with Gasteiger partial charge in [0.15, 0.2) is 0 Å². The molecule has 5 heteroatoms. The number of phenolic OH excluding ortho intramolecular Hbond substituents is 1. The maximum atomic E-state index is 12.1. The first-order valence-electron chi connectivity index (χ1n) is 6.07. The Bertz CT molecular complexity index is 601. The minimum Gasteiger partial charge on any atom is -0.507 e. The van der Waals surface area contributed by atoms with Crippen LogP contribution >= 0.6 is 15.9 Å². The second kappa shape index (κ2) is 6.54. The molecular formula is C15H14BrNO3. The van der Waals surface area contributed by atoms with Crippen molar-refractivity contribution in [1.82, 2.24) is 5.32 Å². The largest absolute Gasteiger partial charge is 0.507 e. The van der Waals surface area contributed by atoms with E-state index in [4.69, 9.17) is 0 Å². The predicted octanol–water partition coefficient (Wildman–Crippen LogP) is 2.62. The van der Waals surface area contributed by atoms with Gasteiger partial charge in [0.2, 0.25) is 0 Å². The summed E-state index contributed by atoms with van der Waals surface area (Å²) in [4.78, 5) is 12.1. The number of aromatic hydroxyl groups is 1. The molecule has 0 unspecified atom stereocenters.